The van der Waals surface area contributed by atoms with Crippen molar-refractivity contribution in [3.8, 4) is 0 Å². The van der Waals surface area contributed by atoms with E-state index in [9.17, 15) is 9.59 Å². The highest BCUT2D eigenvalue weighted by Crippen LogP contribution is 2.18. The minimum Gasteiger partial charge on any atom is -0.462 e. The predicted molar refractivity (Wildman–Crippen MR) is 68.9 cm³/mol. The van der Waals surface area contributed by atoms with Crippen LogP contribution in [0, 0.1) is 0 Å². The molecule has 0 radical (unpaired) electrons. The Morgan fingerprint density at radius 2 is 1.89 bits per heavy atom. The molecule has 0 fully saturated rings. The topological polar surface area (TPSA) is 46.6 Å². The van der Waals surface area contributed by atoms with E-state index in [0.29, 0.717) is 6.41 Å². The molecule has 1 aromatic carbocycles. The Kier molecular flexibility index (Phi) is 5.36. The van der Waals surface area contributed by atoms with Crippen LogP contribution in [0.25, 0.3) is 0 Å². The van der Waals surface area contributed by atoms with Gasteiger partial charge >= 0.3 is 5.97 Å². The van der Waals surface area contributed by atoms with E-state index in [1.807, 2.05) is 37.3 Å². The molecule has 1 amide bonds. The molecule has 1 aromatic rings. The van der Waals surface area contributed by atoms with E-state index < -0.39 is 0 Å². The normalized spacial score (nSPS) is 12.0. The third-order valence-corrected chi connectivity index (χ3v) is 2.59. The van der Waals surface area contributed by atoms with Crippen molar-refractivity contribution in [1.29, 1.82) is 0 Å². The van der Waals surface area contributed by atoms with E-state index >= 15 is 0 Å². The van der Waals surface area contributed by atoms with Gasteiger partial charge in [-0.15, -0.1) is 0 Å². The Hall–Kier alpha value is -1.84. The van der Waals surface area contributed by atoms with Crippen LogP contribution in [0.1, 0.15) is 32.4 Å². The van der Waals surface area contributed by atoms with Gasteiger partial charge in [0.1, 0.15) is 6.54 Å². The van der Waals surface area contributed by atoms with Crippen LogP contribution in [0.5, 0.6) is 0 Å². The number of esters is 1. The lowest BCUT2D eigenvalue weighted by Gasteiger charge is -2.24. The standard InChI is InChI=1S/C14H19NO3/c1-11(2)18-14(17)9-15(10-16)12(3)13-7-5-4-6-8-13/h4-8,10-12H,9H2,1-3H3/t12-/m1/s1. The molecule has 0 aromatic heterocycles. The number of carbonyl (C=O) groups is 2. The Labute approximate surface area is 108 Å². The van der Waals surface area contributed by atoms with Gasteiger partial charge in [-0.1, -0.05) is 30.3 Å². The number of hydrogen-bond donors (Lipinski definition) is 0. The molecular weight excluding hydrogens is 230 g/mol. The molecule has 98 valence electrons. The molecule has 0 N–H and O–H groups in total. The number of amides is 1. The highest BCUT2D eigenvalue weighted by atomic mass is 16.5. The molecule has 18 heavy (non-hydrogen) atoms. The van der Waals surface area contributed by atoms with Gasteiger partial charge in [0.05, 0.1) is 12.1 Å². The minimum atomic E-state index is -0.389. The average molecular weight is 249 g/mol. The lowest BCUT2D eigenvalue weighted by molar-refractivity contribution is -0.151. The van der Waals surface area contributed by atoms with Crippen molar-refractivity contribution in [2.75, 3.05) is 6.54 Å². The van der Waals surface area contributed by atoms with Gasteiger partial charge in [0.2, 0.25) is 6.41 Å². The first-order chi connectivity index (χ1) is 8.54. The molecular formula is C14H19NO3. The first-order valence-corrected chi connectivity index (χ1v) is 6.00. The van der Waals surface area contributed by atoms with Gasteiger partial charge in [0, 0.05) is 0 Å². The SMILES string of the molecule is CC(C)OC(=O)CN(C=O)[C@H](C)c1ccccc1. The van der Waals surface area contributed by atoms with Crippen molar-refractivity contribution in [2.45, 2.75) is 32.9 Å². The quantitative estimate of drug-likeness (QED) is 0.573. The smallest absolute Gasteiger partial charge is 0.325 e. The fourth-order valence-electron chi connectivity index (χ4n) is 1.64. The van der Waals surface area contributed by atoms with Gasteiger partial charge in [0.25, 0.3) is 0 Å². The summed E-state index contributed by atoms with van der Waals surface area (Å²) in [5.41, 5.74) is 0.988. The lowest BCUT2D eigenvalue weighted by Crippen LogP contribution is -2.33. The second kappa shape index (κ2) is 6.79. The Bertz CT molecular complexity index is 389. The van der Waals surface area contributed by atoms with Crippen molar-refractivity contribution in [2.24, 2.45) is 0 Å². The van der Waals surface area contributed by atoms with E-state index in [2.05, 4.69) is 0 Å². The molecule has 1 atom stereocenters. The van der Waals surface area contributed by atoms with E-state index in [0.717, 1.165) is 5.56 Å². The van der Waals surface area contributed by atoms with E-state index in [1.54, 1.807) is 13.8 Å². The monoisotopic (exact) mass is 249 g/mol. The molecule has 0 aliphatic heterocycles. The zero-order valence-corrected chi connectivity index (χ0v) is 11.0. The summed E-state index contributed by atoms with van der Waals surface area (Å²) >= 11 is 0. The summed E-state index contributed by atoms with van der Waals surface area (Å²) in [6.45, 7) is 5.41. The van der Waals surface area contributed by atoms with Gasteiger partial charge in [-0.2, -0.15) is 0 Å². The summed E-state index contributed by atoms with van der Waals surface area (Å²) < 4.78 is 5.03. The van der Waals surface area contributed by atoms with Crippen LogP contribution in [0.4, 0.5) is 0 Å². The molecule has 0 aliphatic carbocycles. The molecule has 0 unspecified atom stereocenters. The maximum absolute atomic E-state index is 11.5. The summed E-state index contributed by atoms with van der Waals surface area (Å²) in [5, 5.41) is 0. The lowest BCUT2D eigenvalue weighted by atomic mass is 10.1. The van der Waals surface area contributed by atoms with Crippen LogP contribution in [0.15, 0.2) is 30.3 Å². The summed E-state index contributed by atoms with van der Waals surface area (Å²) in [6.07, 6.45) is 0.511. The van der Waals surface area contributed by atoms with Crippen molar-refractivity contribution in [3.63, 3.8) is 0 Å². The van der Waals surface area contributed by atoms with Crippen molar-refractivity contribution in [3.05, 3.63) is 35.9 Å². The van der Waals surface area contributed by atoms with E-state index in [-0.39, 0.29) is 24.7 Å². The van der Waals surface area contributed by atoms with E-state index in [1.165, 1.54) is 4.90 Å². The molecule has 0 saturated carbocycles. The molecule has 0 heterocycles. The van der Waals surface area contributed by atoms with Crippen LogP contribution in [-0.4, -0.2) is 29.9 Å². The summed E-state index contributed by atoms with van der Waals surface area (Å²) in [4.78, 5) is 24.0. The number of carbonyl (C=O) groups excluding carboxylic acids is 2. The zero-order valence-electron chi connectivity index (χ0n) is 11.0. The number of benzene rings is 1. The molecule has 0 spiro atoms. The Balaban J connectivity index is 2.66. The molecule has 0 aliphatic rings. The summed E-state index contributed by atoms with van der Waals surface area (Å²) in [5.74, 6) is -0.389. The number of hydrogen-bond acceptors (Lipinski definition) is 3. The summed E-state index contributed by atoms with van der Waals surface area (Å²) in [6, 6.07) is 9.42. The van der Waals surface area contributed by atoms with Gasteiger partial charge < -0.3 is 9.64 Å². The first kappa shape index (κ1) is 14.2. The zero-order chi connectivity index (χ0) is 13.5. The van der Waals surface area contributed by atoms with Crippen LogP contribution in [0.3, 0.4) is 0 Å². The molecule has 0 saturated heterocycles. The van der Waals surface area contributed by atoms with Gasteiger partial charge in [-0.25, -0.2) is 0 Å². The van der Waals surface area contributed by atoms with Crippen LogP contribution in [0.2, 0.25) is 0 Å². The minimum absolute atomic E-state index is 0.0300. The third-order valence-electron chi connectivity index (χ3n) is 2.59. The molecule has 1 rings (SSSR count). The van der Waals surface area contributed by atoms with Crippen LogP contribution >= 0.6 is 0 Å². The average Bonchev–Trinajstić information content (AvgIpc) is 2.35. The highest BCUT2D eigenvalue weighted by Gasteiger charge is 2.18. The second-order valence-electron chi connectivity index (χ2n) is 4.40. The van der Waals surface area contributed by atoms with Crippen LogP contribution < -0.4 is 0 Å². The number of nitrogens with zero attached hydrogens (tertiary/aromatic N) is 1. The van der Waals surface area contributed by atoms with Gasteiger partial charge in [-0.3, -0.25) is 9.59 Å². The second-order valence-corrected chi connectivity index (χ2v) is 4.40. The number of rotatable bonds is 6. The molecule has 0 bridgehead atoms. The first-order valence-electron chi connectivity index (χ1n) is 6.00. The third kappa shape index (κ3) is 4.20. The molecule has 4 nitrogen and oxygen atoms in total. The Morgan fingerprint density at radius 1 is 1.28 bits per heavy atom. The Morgan fingerprint density at radius 3 is 2.39 bits per heavy atom. The highest BCUT2D eigenvalue weighted by molar-refractivity contribution is 5.74. The van der Waals surface area contributed by atoms with Crippen molar-refractivity contribution < 1.29 is 14.3 Å². The van der Waals surface area contributed by atoms with Crippen LogP contribution in [-0.2, 0) is 14.3 Å². The predicted octanol–water partition coefficient (Wildman–Crippen LogP) is 2.16. The maximum atomic E-state index is 11.5. The largest absolute Gasteiger partial charge is 0.462 e. The number of ether oxygens (including phenoxy) is 1. The molecule has 4 heteroatoms. The fourth-order valence-corrected chi connectivity index (χ4v) is 1.64. The van der Waals surface area contributed by atoms with Gasteiger partial charge in [-0.05, 0) is 26.3 Å². The van der Waals surface area contributed by atoms with Gasteiger partial charge in [0.15, 0.2) is 0 Å². The van der Waals surface area contributed by atoms with Crippen molar-refractivity contribution >= 4 is 12.4 Å². The van der Waals surface area contributed by atoms with Crippen molar-refractivity contribution in [1.82, 2.24) is 4.90 Å². The van der Waals surface area contributed by atoms with E-state index in [4.69, 9.17) is 4.74 Å². The maximum Gasteiger partial charge on any atom is 0.325 e. The summed E-state index contributed by atoms with van der Waals surface area (Å²) in [7, 11) is 0. The fraction of sp³-hybridized carbons (Fsp3) is 0.429.